The van der Waals surface area contributed by atoms with E-state index >= 15 is 0 Å². The van der Waals surface area contributed by atoms with E-state index in [1.807, 2.05) is 13.8 Å². The molecule has 5 atom stereocenters. The van der Waals surface area contributed by atoms with Gasteiger partial charge in [0.05, 0.1) is 0 Å². The number of aliphatic hydroxyl groups is 3. The van der Waals surface area contributed by atoms with E-state index in [2.05, 4.69) is 0 Å². The van der Waals surface area contributed by atoms with E-state index in [1.165, 1.54) is 0 Å². The van der Waals surface area contributed by atoms with Gasteiger partial charge in [-0.05, 0) is 68.6 Å². The van der Waals surface area contributed by atoms with Gasteiger partial charge in [0.2, 0.25) is 0 Å². The van der Waals surface area contributed by atoms with Gasteiger partial charge < -0.3 is 15.3 Å². The summed E-state index contributed by atoms with van der Waals surface area (Å²) in [7, 11) is 0. The molecule has 0 saturated heterocycles. The van der Waals surface area contributed by atoms with Gasteiger partial charge in [0.15, 0.2) is 0 Å². The Balaban J connectivity index is 0.000000476. The lowest BCUT2D eigenvalue weighted by atomic mass is 9.63. The zero-order valence-corrected chi connectivity index (χ0v) is 24.8. The highest BCUT2D eigenvalue weighted by Crippen LogP contribution is 2.59. The minimum absolute atomic E-state index is 0.0915. The van der Waals surface area contributed by atoms with Gasteiger partial charge in [0, 0.05) is 11.8 Å². The quantitative estimate of drug-likeness (QED) is 0.252. The molecule has 282 valence electrons. The van der Waals surface area contributed by atoms with Crippen LogP contribution < -0.4 is 0 Å². The Bertz CT molecular complexity index is 919. The van der Waals surface area contributed by atoms with Gasteiger partial charge in [-0.25, -0.2) is 0 Å². The zero-order valence-electron chi connectivity index (χ0n) is 24.8. The molecule has 0 heterocycles. The fraction of sp³-hybridized carbons (Fsp3) is 1.00. The number of halogens is 18. The van der Waals surface area contributed by atoms with Crippen LogP contribution in [-0.4, -0.2) is 69.2 Å². The Morgan fingerprint density at radius 1 is 0.468 bits per heavy atom. The summed E-state index contributed by atoms with van der Waals surface area (Å²) >= 11 is 0. The van der Waals surface area contributed by atoms with Crippen molar-refractivity contribution in [3.8, 4) is 0 Å². The molecule has 3 aliphatic rings. The number of rotatable bonds is 4. The lowest BCUT2D eigenvalue weighted by Crippen LogP contribution is -2.66. The first kappa shape index (κ1) is 43.6. The summed E-state index contributed by atoms with van der Waals surface area (Å²) in [6, 6.07) is 0. The van der Waals surface area contributed by atoms with Crippen LogP contribution in [0.15, 0.2) is 0 Å². The molecule has 0 aromatic rings. The third-order valence-electron chi connectivity index (χ3n) is 9.23. The molecule has 3 nitrogen and oxygen atoms in total. The minimum Gasteiger partial charge on any atom is -0.374 e. The van der Waals surface area contributed by atoms with Crippen molar-refractivity contribution >= 4 is 0 Å². The van der Waals surface area contributed by atoms with Gasteiger partial charge >= 0.3 is 37.1 Å². The van der Waals surface area contributed by atoms with Crippen molar-refractivity contribution in [3.05, 3.63) is 0 Å². The smallest absolute Gasteiger partial charge is 0.374 e. The van der Waals surface area contributed by atoms with Crippen LogP contribution in [0.5, 0.6) is 0 Å². The first-order valence-corrected chi connectivity index (χ1v) is 14.2. The van der Waals surface area contributed by atoms with Gasteiger partial charge in [-0.1, -0.05) is 27.2 Å². The molecule has 21 heteroatoms. The molecule has 0 radical (unpaired) electrons. The van der Waals surface area contributed by atoms with Crippen molar-refractivity contribution in [1.82, 2.24) is 0 Å². The highest BCUT2D eigenvalue weighted by Gasteiger charge is 2.78. The Kier molecular flexibility index (Phi) is 12.8. The van der Waals surface area contributed by atoms with E-state index in [0.717, 1.165) is 13.3 Å². The normalized spacial score (nSPS) is 28.3. The summed E-state index contributed by atoms with van der Waals surface area (Å²) in [6.45, 7) is 4.83. The van der Waals surface area contributed by atoms with Crippen LogP contribution in [0.1, 0.15) is 72.1 Å². The number of alkyl halides is 18. The van der Waals surface area contributed by atoms with Crippen molar-refractivity contribution in [1.29, 1.82) is 0 Å². The molecule has 47 heavy (non-hydrogen) atoms. The predicted octanol–water partition coefficient (Wildman–Crippen LogP) is 9.44. The summed E-state index contributed by atoms with van der Waals surface area (Å²) in [6.07, 6.45) is -39.9. The molecular formula is C26H34F18O3. The predicted molar refractivity (Wildman–Crippen MR) is 126 cm³/mol. The molecule has 3 fully saturated rings. The first-order valence-electron chi connectivity index (χ1n) is 14.2. The molecule has 3 saturated carbocycles. The largest absolute Gasteiger partial charge is 0.426 e. The maximum absolute atomic E-state index is 12.9. The van der Waals surface area contributed by atoms with Gasteiger partial charge in [0.25, 0.3) is 16.8 Å². The van der Waals surface area contributed by atoms with E-state index in [1.54, 1.807) is 0 Å². The first-order chi connectivity index (χ1) is 20.6. The molecule has 3 rings (SSSR count). The maximum Gasteiger partial charge on any atom is 0.426 e. The fourth-order valence-electron chi connectivity index (χ4n) is 6.93. The van der Waals surface area contributed by atoms with Crippen molar-refractivity contribution in [2.45, 2.75) is 126 Å². The van der Waals surface area contributed by atoms with Gasteiger partial charge in [-0.2, -0.15) is 79.0 Å². The number of fused-ring (bicyclic) bond motifs is 2. The molecule has 0 aromatic carbocycles. The van der Waals surface area contributed by atoms with Crippen molar-refractivity contribution in [2.75, 3.05) is 0 Å². The average Bonchev–Trinajstić information content (AvgIpc) is 3.48. The third kappa shape index (κ3) is 8.33. The Morgan fingerprint density at radius 2 is 0.809 bits per heavy atom. The molecule has 0 spiro atoms. The Morgan fingerprint density at radius 3 is 1.04 bits per heavy atom. The van der Waals surface area contributed by atoms with Crippen LogP contribution in [-0.2, 0) is 0 Å². The molecular weight excluding hydrogens is 702 g/mol. The molecule has 0 aliphatic heterocycles. The second kappa shape index (κ2) is 13.7. The number of hydrogen-bond acceptors (Lipinski definition) is 3. The molecule has 5 unspecified atom stereocenters. The Labute approximate surface area is 256 Å². The second-order valence-corrected chi connectivity index (χ2v) is 12.2. The van der Waals surface area contributed by atoms with Crippen LogP contribution in [0.25, 0.3) is 0 Å². The summed E-state index contributed by atoms with van der Waals surface area (Å²) in [5.41, 5.74) is -15.6. The maximum atomic E-state index is 12.9. The monoisotopic (exact) mass is 736 g/mol. The standard InChI is InChI=1S/C13H14F12O2.C11H14F6O.C2H6/c1-5-2-6(8(26,10(14,15)16)11(17,18)19)4-7(3-5)9(27,12(20,21)22)13(23,24)25;12-10(13,14)9(18,11(15,16)17)5-8-4-6-1-2-7(8)3-6;1-2/h5-7,26-27H,2-4H2,1H3;6-8,18H,1-5H2;1-2H3. The van der Waals surface area contributed by atoms with Crippen molar-refractivity contribution in [3.63, 3.8) is 0 Å². The zero-order chi connectivity index (χ0) is 37.6. The molecule has 2 bridgehead atoms. The highest BCUT2D eigenvalue weighted by atomic mass is 19.4. The van der Waals surface area contributed by atoms with E-state index in [0.29, 0.717) is 19.3 Å². The third-order valence-corrected chi connectivity index (χ3v) is 9.23. The van der Waals surface area contributed by atoms with Crippen LogP contribution in [0.3, 0.4) is 0 Å². The van der Waals surface area contributed by atoms with Crippen LogP contribution in [0.2, 0.25) is 0 Å². The SMILES string of the molecule is CC.CC1CC(C(O)(C(F)(F)F)C(F)(F)F)CC(C(O)(C(F)(F)F)C(F)(F)F)C1.OC(CC1CC2CCC1C2)(C(F)(F)F)C(F)(F)F. The van der Waals surface area contributed by atoms with E-state index in [4.69, 9.17) is 5.11 Å². The Hall–Kier alpha value is -1.38. The van der Waals surface area contributed by atoms with Crippen LogP contribution >= 0.6 is 0 Å². The second-order valence-electron chi connectivity index (χ2n) is 12.2. The summed E-state index contributed by atoms with van der Waals surface area (Å²) in [4.78, 5) is 0. The van der Waals surface area contributed by atoms with E-state index < -0.39 is 103 Å². The molecule has 0 amide bonds. The lowest BCUT2D eigenvalue weighted by molar-refractivity contribution is -0.404. The number of hydrogen-bond donors (Lipinski definition) is 3. The molecule has 3 N–H and O–H groups in total. The van der Waals surface area contributed by atoms with E-state index in [9.17, 15) is 89.2 Å². The van der Waals surface area contributed by atoms with Gasteiger partial charge in [0.1, 0.15) is 0 Å². The fourth-order valence-corrected chi connectivity index (χ4v) is 6.93. The summed E-state index contributed by atoms with van der Waals surface area (Å²) in [5.74, 6) is -8.15. The van der Waals surface area contributed by atoms with Gasteiger partial charge in [-0.15, -0.1) is 0 Å². The topological polar surface area (TPSA) is 60.7 Å². The van der Waals surface area contributed by atoms with Crippen molar-refractivity contribution < 1.29 is 94.3 Å². The van der Waals surface area contributed by atoms with Gasteiger partial charge in [-0.3, -0.25) is 0 Å². The average molecular weight is 737 g/mol. The summed E-state index contributed by atoms with van der Waals surface area (Å²) in [5, 5.41) is 27.8. The lowest BCUT2D eigenvalue weighted by Gasteiger charge is -2.48. The molecule has 0 aromatic heterocycles. The highest BCUT2D eigenvalue weighted by molar-refractivity contribution is 5.07. The van der Waals surface area contributed by atoms with E-state index in [-0.39, 0.29) is 11.8 Å². The van der Waals surface area contributed by atoms with Crippen LogP contribution in [0.4, 0.5) is 79.0 Å². The van der Waals surface area contributed by atoms with Crippen LogP contribution in [0, 0.1) is 35.5 Å². The molecule has 3 aliphatic carbocycles. The van der Waals surface area contributed by atoms with Crippen molar-refractivity contribution in [2.24, 2.45) is 35.5 Å². The summed E-state index contributed by atoms with van der Waals surface area (Å²) < 4.78 is 230. The minimum atomic E-state index is -6.41.